The highest BCUT2D eigenvalue weighted by Crippen LogP contribution is 2.27. The van der Waals surface area contributed by atoms with Crippen molar-refractivity contribution in [3.05, 3.63) is 29.8 Å². The van der Waals surface area contributed by atoms with Crippen molar-refractivity contribution in [1.82, 2.24) is 5.32 Å². The molecule has 0 saturated heterocycles. The molecule has 21 heavy (non-hydrogen) atoms. The Kier molecular flexibility index (Phi) is 4.47. The Balaban J connectivity index is 2.04. The lowest BCUT2D eigenvalue weighted by atomic mass is 9.96. The van der Waals surface area contributed by atoms with Gasteiger partial charge in [0.25, 0.3) is 0 Å². The molecule has 1 amide bonds. The Morgan fingerprint density at radius 2 is 1.81 bits per heavy atom. The summed E-state index contributed by atoms with van der Waals surface area (Å²) in [5.41, 5.74) is 5.80. The highest BCUT2D eigenvalue weighted by molar-refractivity contribution is 5.90. The number of hydrogen-bond donors (Lipinski definition) is 4. The molecule has 0 spiro atoms. The second-order valence-corrected chi connectivity index (χ2v) is 5.60. The van der Waals surface area contributed by atoms with Crippen molar-refractivity contribution in [2.75, 3.05) is 0 Å². The van der Waals surface area contributed by atoms with Crippen LogP contribution in [-0.4, -0.2) is 33.7 Å². The molecule has 1 aliphatic rings. The van der Waals surface area contributed by atoms with Crippen LogP contribution in [0.4, 0.5) is 0 Å². The van der Waals surface area contributed by atoms with Gasteiger partial charge in [-0.15, -0.1) is 0 Å². The first kappa shape index (κ1) is 15.3. The van der Waals surface area contributed by atoms with E-state index < -0.39 is 23.5 Å². The Hall–Kier alpha value is -2.08. The van der Waals surface area contributed by atoms with Gasteiger partial charge in [0.1, 0.15) is 11.8 Å². The predicted octanol–water partition coefficient (Wildman–Crippen LogP) is 0.776. The first-order valence-electron chi connectivity index (χ1n) is 7.01. The predicted molar refractivity (Wildman–Crippen MR) is 76.8 cm³/mol. The molecule has 1 aliphatic carbocycles. The quantitative estimate of drug-likeness (QED) is 0.640. The van der Waals surface area contributed by atoms with Crippen molar-refractivity contribution < 1.29 is 19.8 Å². The van der Waals surface area contributed by atoms with Crippen LogP contribution in [0.2, 0.25) is 0 Å². The van der Waals surface area contributed by atoms with Gasteiger partial charge in [0.05, 0.1) is 5.54 Å². The van der Waals surface area contributed by atoms with Crippen LogP contribution in [-0.2, 0) is 16.0 Å². The number of aromatic hydroxyl groups is 1. The van der Waals surface area contributed by atoms with Gasteiger partial charge in [-0.25, -0.2) is 4.79 Å². The fourth-order valence-electron chi connectivity index (χ4n) is 2.60. The molecule has 0 bridgehead atoms. The van der Waals surface area contributed by atoms with Crippen molar-refractivity contribution in [2.24, 2.45) is 5.73 Å². The van der Waals surface area contributed by atoms with Crippen LogP contribution in [0.25, 0.3) is 0 Å². The smallest absolute Gasteiger partial charge is 0.326 e. The second-order valence-electron chi connectivity index (χ2n) is 5.60. The molecule has 1 unspecified atom stereocenters. The number of aliphatic carboxylic acids is 1. The number of phenols is 1. The minimum absolute atomic E-state index is 0.113. The summed E-state index contributed by atoms with van der Waals surface area (Å²) in [5.74, 6) is -1.38. The molecule has 0 aliphatic heterocycles. The van der Waals surface area contributed by atoms with Crippen molar-refractivity contribution in [3.8, 4) is 5.75 Å². The zero-order chi connectivity index (χ0) is 15.5. The van der Waals surface area contributed by atoms with Crippen molar-refractivity contribution in [1.29, 1.82) is 0 Å². The van der Waals surface area contributed by atoms with Gasteiger partial charge < -0.3 is 21.3 Å². The van der Waals surface area contributed by atoms with Gasteiger partial charge in [0, 0.05) is 6.42 Å². The average Bonchev–Trinajstić information content (AvgIpc) is 2.88. The maximum Gasteiger partial charge on any atom is 0.326 e. The molecular weight excluding hydrogens is 272 g/mol. The Bertz CT molecular complexity index is 521. The monoisotopic (exact) mass is 292 g/mol. The molecule has 1 saturated carbocycles. The van der Waals surface area contributed by atoms with E-state index in [1.807, 2.05) is 0 Å². The summed E-state index contributed by atoms with van der Waals surface area (Å²) in [6.45, 7) is 0. The summed E-state index contributed by atoms with van der Waals surface area (Å²) in [5, 5.41) is 21.0. The van der Waals surface area contributed by atoms with Crippen LogP contribution >= 0.6 is 0 Å². The number of nitrogens with one attached hydrogen (secondary N) is 1. The van der Waals surface area contributed by atoms with Gasteiger partial charge in [0.2, 0.25) is 5.91 Å². The lowest BCUT2D eigenvalue weighted by Crippen LogP contribution is -2.56. The highest BCUT2D eigenvalue weighted by Gasteiger charge is 2.38. The minimum Gasteiger partial charge on any atom is -0.508 e. The number of rotatable bonds is 5. The van der Waals surface area contributed by atoms with E-state index >= 15 is 0 Å². The van der Waals surface area contributed by atoms with Crippen LogP contribution in [0, 0.1) is 0 Å². The summed E-state index contributed by atoms with van der Waals surface area (Å²) in [4.78, 5) is 23.5. The van der Waals surface area contributed by atoms with Gasteiger partial charge in [0.15, 0.2) is 0 Å². The Labute approximate surface area is 123 Å². The molecule has 6 nitrogen and oxygen atoms in total. The van der Waals surface area contributed by atoms with E-state index in [0.29, 0.717) is 12.8 Å². The number of benzene rings is 1. The number of phenolic OH excluding ortho intramolecular Hbond substituents is 1. The fraction of sp³-hybridized carbons (Fsp3) is 0.467. The number of carbonyl (C=O) groups excluding carboxylic acids is 1. The number of nitrogens with two attached hydrogens (primary N) is 1. The SMILES string of the molecule is NC1(C(=O)NC(Cc2ccc(O)cc2)C(=O)O)CCCC1. The van der Waals surface area contributed by atoms with E-state index in [0.717, 1.165) is 18.4 Å². The first-order chi connectivity index (χ1) is 9.90. The molecule has 1 atom stereocenters. The minimum atomic E-state index is -1.10. The van der Waals surface area contributed by atoms with Gasteiger partial charge in [-0.1, -0.05) is 25.0 Å². The van der Waals surface area contributed by atoms with Gasteiger partial charge in [-0.2, -0.15) is 0 Å². The number of amides is 1. The topological polar surface area (TPSA) is 113 Å². The Morgan fingerprint density at radius 3 is 2.33 bits per heavy atom. The highest BCUT2D eigenvalue weighted by atomic mass is 16.4. The van der Waals surface area contributed by atoms with Crippen molar-refractivity contribution in [3.63, 3.8) is 0 Å². The van der Waals surface area contributed by atoms with Crippen molar-refractivity contribution >= 4 is 11.9 Å². The molecule has 2 rings (SSSR count). The van der Waals surface area contributed by atoms with Gasteiger partial charge in [-0.05, 0) is 30.5 Å². The summed E-state index contributed by atoms with van der Waals surface area (Å²) in [6.07, 6.45) is 3.10. The lowest BCUT2D eigenvalue weighted by Gasteiger charge is -2.25. The molecule has 0 aromatic heterocycles. The molecule has 1 aromatic rings. The van der Waals surface area contributed by atoms with Gasteiger partial charge >= 0.3 is 5.97 Å². The third-order valence-electron chi connectivity index (χ3n) is 3.93. The number of carboxylic acids is 1. The molecule has 6 heteroatoms. The van der Waals surface area contributed by atoms with E-state index in [4.69, 9.17) is 5.73 Å². The average molecular weight is 292 g/mol. The number of hydrogen-bond acceptors (Lipinski definition) is 4. The fourth-order valence-corrected chi connectivity index (χ4v) is 2.60. The first-order valence-corrected chi connectivity index (χ1v) is 7.01. The molecule has 1 fully saturated rings. The zero-order valence-electron chi connectivity index (χ0n) is 11.7. The Morgan fingerprint density at radius 1 is 1.24 bits per heavy atom. The normalized spacial score (nSPS) is 18.1. The molecule has 0 heterocycles. The summed E-state index contributed by atoms with van der Waals surface area (Å²) < 4.78 is 0. The lowest BCUT2D eigenvalue weighted by molar-refractivity contribution is -0.142. The summed E-state index contributed by atoms with van der Waals surface area (Å²) in [6, 6.07) is 5.20. The summed E-state index contributed by atoms with van der Waals surface area (Å²) in [7, 11) is 0. The maximum atomic E-state index is 12.2. The van der Waals surface area contributed by atoms with E-state index in [9.17, 15) is 19.8 Å². The second kappa shape index (κ2) is 6.13. The molecule has 114 valence electrons. The third-order valence-corrected chi connectivity index (χ3v) is 3.93. The van der Waals surface area contributed by atoms with Crippen LogP contribution in [0.5, 0.6) is 5.75 Å². The molecule has 0 radical (unpaired) electrons. The zero-order valence-corrected chi connectivity index (χ0v) is 11.7. The van der Waals surface area contributed by atoms with E-state index in [-0.39, 0.29) is 12.2 Å². The number of carboxylic acid groups (broad SMARTS) is 1. The van der Waals surface area contributed by atoms with Gasteiger partial charge in [-0.3, -0.25) is 4.79 Å². The van der Waals surface area contributed by atoms with Crippen LogP contribution in [0.3, 0.4) is 0 Å². The molecule has 1 aromatic carbocycles. The number of carbonyl (C=O) groups is 2. The largest absolute Gasteiger partial charge is 0.508 e. The van der Waals surface area contributed by atoms with E-state index in [2.05, 4.69) is 5.32 Å². The molecular formula is C15H20N2O4. The van der Waals surface area contributed by atoms with Crippen LogP contribution < -0.4 is 11.1 Å². The van der Waals surface area contributed by atoms with Crippen LogP contribution in [0.15, 0.2) is 24.3 Å². The van der Waals surface area contributed by atoms with E-state index in [1.165, 1.54) is 12.1 Å². The third kappa shape index (κ3) is 3.72. The molecule has 5 N–H and O–H groups in total. The van der Waals surface area contributed by atoms with Crippen LogP contribution in [0.1, 0.15) is 31.2 Å². The van der Waals surface area contributed by atoms with Crippen molar-refractivity contribution in [2.45, 2.75) is 43.7 Å². The summed E-state index contributed by atoms with van der Waals surface area (Å²) >= 11 is 0. The standard InChI is InChI=1S/C15H20N2O4/c16-15(7-1-2-8-15)14(21)17-12(13(19)20)9-10-3-5-11(18)6-4-10/h3-6,12,18H,1-2,7-9,16H2,(H,17,21)(H,19,20). The maximum absolute atomic E-state index is 12.2. The van der Waals surface area contributed by atoms with E-state index in [1.54, 1.807) is 12.1 Å².